The lowest BCUT2D eigenvalue weighted by Gasteiger charge is -2.32. The van der Waals surface area contributed by atoms with Crippen molar-refractivity contribution in [1.29, 1.82) is 0 Å². The minimum atomic E-state index is -2.30. The molecule has 1 fully saturated rings. The molecule has 1 aromatic carbocycles. The molecular weight excluding hydrogens is 396 g/mol. The summed E-state index contributed by atoms with van der Waals surface area (Å²) in [6.07, 6.45) is 2.00. The third-order valence-corrected chi connectivity index (χ3v) is 5.09. The highest BCUT2D eigenvalue weighted by Crippen LogP contribution is 2.18. The molecule has 1 aliphatic rings. The molecule has 0 saturated carbocycles. The van der Waals surface area contributed by atoms with Gasteiger partial charge in [0.25, 0.3) is 11.8 Å². The maximum Gasteiger partial charge on any atom is 0.271 e. The molecule has 1 unspecified atom stereocenters. The summed E-state index contributed by atoms with van der Waals surface area (Å²) in [5.41, 5.74) is -0.892. The van der Waals surface area contributed by atoms with Gasteiger partial charge in [-0.1, -0.05) is 6.07 Å². The molecule has 1 atom stereocenters. The van der Waals surface area contributed by atoms with Gasteiger partial charge >= 0.3 is 0 Å². The van der Waals surface area contributed by atoms with Crippen LogP contribution in [0.3, 0.4) is 0 Å². The Morgan fingerprint density at radius 2 is 1.86 bits per heavy atom. The molecule has 28 heavy (non-hydrogen) atoms. The highest BCUT2D eigenvalue weighted by atomic mass is 32.2. The third-order valence-electron chi connectivity index (χ3n) is 4.30. The van der Waals surface area contributed by atoms with Gasteiger partial charge in [-0.25, -0.2) is 13.1 Å². The Kier molecular flexibility index (Phi) is 6.11. The van der Waals surface area contributed by atoms with E-state index in [1.54, 1.807) is 0 Å². The largest absolute Gasteiger partial charge is 0.760 e. The van der Waals surface area contributed by atoms with Crippen LogP contribution in [0.1, 0.15) is 33.7 Å². The van der Waals surface area contributed by atoms with E-state index >= 15 is 0 Å². The van der Waals surface area contributed by atoms with Crippen molar-refractivity contribution in [1.82, 2.24) is 19.8 Å². The Hall–Kier alpha value is -2.70. The molecule has 1 saturated heterocycles. The monoisotopic (exact) mass is 412 g/mol. The standard InChI is InChI=1S/C16H17F2N5O4S/c17-10-2-1-3-11(18)13(10)15(24)21-12-8-19-22-14(12)16(25)20-9-4-6-23(7-5-9)28(26)27/h1-3,8-9H,4-7H2,(H,19,22)(H,20,25)(H,21,24)(H,26,27)/p-1. The van der Waals surface area contributed by atoms with E-state index < -0.39 is 40.3 Å². The number of halogens is 2. The molecule has 0 aliphatic carbocycles. The number of hydrogen-bond donors (Lipinski definition) is 3. The van der Waals surface area contributed by atoms with Crippen molar-refractivity contribution in [3.63, 3.8) is 0 Å². The first kappa shape index (κ1) is 20.0. The second-order valence-electron chi connectivity index (χ2n) is 6.10. The fraction of sp³-hybridized carbons (Fsp3) is 0.312. The van der Waals surface area contributed by atoms with Crippen LogP contribution in [0.4, 0.5) is 14.5 Å². The number of aromatic amines is 1. The van der Waals surface area contributed by atoms with Crippen LogP contribution in [0.25, 0.3) is 0 Å². The van der Waals surface area contributed by atoms with Crippen molar-refractivity contribution in [3.05, 3.63) is 47.3 Å². The Morgan fingerprint density at radius 1 is 1.21 bits per heavy atom. The van der Waals surface area contributed by atoms with Crippen LogP contribution in [0.15, 0.2) is 24.4 Å². The molecule has 3 N–H and O–H groups in total. The van der Waals surface area contributed by atoms with E-state index in [9.17, 15) is 27.1 Å². The molecule has 1 aliphatic heterocycles. The van der Waals surface area contributed by atoms with Gasteiger partial charge in [-0.15, -0.1) is 0 Å². The topological polar surface area (TPSA) is 130 Å². The molecule has 0 spiro atoms. The van der Waals surface area contributed by atoms with Gasteiger partial charge in [-0.2, -0.15) is 5.10 Å². The van der Waals surface area contributed by atoms with Crippen LogP contribution in [-0.2, 0) is 11.3 Å². The normalized spacial score (nSPS) is 16.5. The van der Waals surface area contributed by atoms with Crippen molar-refractivity contribution in [2.75, 3.05) is 18.4 Å². The highest BCUT2D eigenvalue weighted by molar-refractivity contribution is 7.76. The van der Waals surface area contributed by atoms with Gasteiger partial charge in [0.2, 0.25) is 0 Å². The zero-order chi connectivity index (χ0) is 20.3. The van der Waals surface area contributed by atoms with Crippen LogP contribution in [0.5, 0.6) is 0 Å². The van der Waals surface area contributed by atoms with E-state index in [1.807, 2.05) is 0 Å². The van der Waals surface area contributed by atoms with Crippen molar-refractivity contribution in [2.24, 2.45) is 0 Å². The maximum absolute atomic E-state index is 13.7. The van der Waals surface area contributed by atoms with Gasteiger partial charge in [-0.05, 0) is 25.0 Å². The number of aromatic nitrogens is 2. The van der Waals surface area contributed by atoms with Crippen molar-refractivity contribution >= 4 is 28.8 Å². The fourth-order valence-corrected chi connectivity index (χ4v) is 3.37. The van der Waals surface area contributed by atoms with E-state index in [1.165, 1.54) is 4.31 Å². The minimum absolute atomic E-state index is 0.0387. The van der Waals surface area contributed by atoms with E-state index in [2.05, 4.69) is 20.8 Å². The maximum atomic E-state index is 13.7. The zero-order valence-corrected chi connectivity index (χ0v) is 15.2. The van der Waals surface area contributed by atoms with E-state index in [-0.39, 0.29) is 30.5 Å². The summed E-state index contributed by atoms with van der Waals surface area (Å²) in [5.74, 6) is -3.70. The number of nitrogens with one attached hydrogen (secondary N) is 3. The van der Waals surface area contributed by atoms with Crippen LogP contribution < -0.4 is 10.6 Å². The summed E-state index contributed by atoms with van der Waals surface area (Å²) in [4.78, 5) is 24.6. The van der Waals surface area contributed by atoms with Crippen LogP contribution in [0.2, 0.25) is 0 Å². The van der Waals surface area contributed by atoms with Gasteiger partial charge in [0.05, 0.1) is 11.9 Å². The lowest BCUT2D eigenvalue weighted by molar-refractivity contribution is 0.0919. The third kappa shape index (κ3) is 4.40. The van der Waals surface area contributed by atoms with E-state index in [0.717, 1.165) is 24.4 Å². The summed E-state index contributed by atoms with van der Waals surface area (Å²) in [6, 6.07) is 2.76. The number of carbonyl (C=O) groups excluding carboxylic acids is 2. The number of amides is 2. The Labute approximate surface area is 160 Å². The number of carbonyl (C=O) groups is 2. The molecule has 1 aromatic heterocycles. The average Bonchev–Trinajstić information content (AvgIpc) is 3.10. The average molecular weight is 412 g/mol. The molecule has 3 rings (SSSR count). The Bertz CT molecular complexity index is 894. The number of nitrogens with zero attached hydrogens (tertiary/aromatic N) is 2. The summed E-state index contributed by atoms with van der Waals surface area (Å²) >= 11 is -2.30. The van der Waals surface area contributed by atoms with Crippen LogP contribution in [0, 0.1) is 11.6 Å². The number of anilines is 1. The lowest BCUT2D eigenvalue weighted by atomic mass is 10.1. The van der Waals surface area contributed by atoms with Crippen LogP contribution in [-0.4, -0.2) is 54.2 Å². The first-order chi connectivity index (χ1) is 13.4. The molecule has 150 valence electrons. The van der Waals surface area contributed by atoms with Crippen LogP contribution >= 0.6 is 0 Å². The van der Waals surface area contributed by atoms with E-state index in [0.29, 0.717) is 12.8 Å². The predicted octanol–water partition coefficient (Wildman–Crippen LogP) is 0.928. The first-order valence-corrected chi connectivity index (χ1v) is 9.34. The summed E-state index contributed by atoms with van der Waals surface area (Å²) in [5, 5.41) is 11.1. The quantitative estimate of drug-likeness (QED) is 0.629. The number of piperidine rings is 1. The molecular formula is C16H16F2N5O4S-. The molecule has 0 radical (unpaired) electrons. The molecule has 2 amide bonds. The van der Waals surface area contributed by atoms with Crippen molar-refractivity contribution < 1.29 is 27.1 Å². The zero-order valence-electron chi connectivity index (χ0n) is 14.4. The van der Waals surface area contributed by atoms with Gasteiger partial charge in [0.15, 0.2) is 0 Å². The predicted molar refractivity (Wildman–Crippen MR) is 93.9 cm³/mol. The van der Waals surface area contributed by atoms with E-state index in [4.69, 9.17) is 0 Å². The van der Waals surface area contributed by atoms with Gasteiger partial charge in [0, 0.05) is 30.4 Å². The fourth-order valence-electron chi connectivity index (χ4n) is 2.86. The number of rotatable bonds is 5. The molecule has 9 nitrogen and oxygen atoms in total. The second-order valence-corrected chi connectivity index (χ2v) is 7.05. The Balaban J connectivity index is 1.66. The van der Waals surface area contributed by atoms with Gasteiger partial charge < -0.3 is 15.2 Å². The summed E-state index contributed by atoms with van der Waals surface area (Å²) in [7, 11) is 0. The van der Waals surface area contributed by atoms with Gasteiger partial charge in [-0.3, -0.25) is 18.9 Å². The first-order valence-electron chi connectivity index (χ1n) is 8.30. The second kappa shape index (κ2) is 8.54. The summed E-state index contributed by atoms with van der Waals surface area (Å²) in [6.45, 7) is 0.556. The summed E-state index contributed by atoms with van der Waals surface area (Å²) < 4.78 is 50.6. The lowest BCUT2D eigenvalue weighted by Crippen LogP contribution is -2.45. The number of benzene rings is 1. The number of H-pyrrole nitrogens is 1. The highest BCUT2D eigenvalue weighted by Gasteiger charge is 2.25. The van der Waals surface area contributed by atoms with Crippen molar-refractivity contribution in [2.45, 2.75) is 18.9 Å². The van der Waals surface area contributed by atoms with Crippen molar-refractivity contribution in [3.8, 4) is 0 Å². The number of hydrogen-bond acceptors (Lipinski definition) is 5. The minimum Gasteiger partial charge on any atom is -0.760 e. The molecule has 0 bridgehead atoms. The molecule has 2 heterocycles. The Morgan fingerprint density at radius 3 is 2.46 bits per heavy atom. The van der Waals surface area contributed by atoms with Gasteiger partial charge in [0.1, 0.15) is 22.9 Å². The SMILES string of the molecule is O=C(NC1CCN(S(=O)[O-])CC1)c1[nH]ncc1NC(=O)c1c(F)cccc1F. The molecule has 2 aromatic rings. The smallest absolute Gasteiger partial charge is 0.271 e. The molecule has 12 heteroatoms.